The van der Waals surface area contributed by atoms with E-state index in [0.29, 0.717) is 5.02 Å². The summed E-state index contributed by atoms with van der Waals surface area (Å²) in [6.07, 6.45) is 1.70. The fourth-order valence-electron chi connectivity index (χ4n) is 1.93. The number of nitrogens with zero attached hydrogens (tertiary/aromatic N) is 2. The number of hydrogen-bond donors (Lipinski definition) is 1. The second kappa shape index (κ2) is 5.45. The summed E-state index contributed by atoms with van der Waals surface area (Å²) in [5.41, 5.74) is 1.69. The van der Waals surface area contributed by atoms with Crippen LogP contribution >= 0.6 is 11.6 Å². The molecule has 4 nitrogen and oxygen atoms in total. The van der Waals surface area contributed by atoms with Crippen molar-refractivity contribution in [1.29, 1.82) is 0 Å². The van der Waals surface area contributed by atoms with E-state index >= 15 is 0 Å². The first-order valence-electron chi connectivity index (χ1n) is 6.01. The highest BCUT2D eigenvalue weighted by molar-refractivity contribution is 6.31. The Balaban J connectivity index is 2.33. The minimum absolute atomic E-state index is 0.0268. The van der Waals surface area contributed by atoms with Crippen LogP contribution in [0.2, 0.25) is 5.02 Å². The van der Waals surface area contributed by atoms with Crippen LogP contribution in [0.25, 0.3) is 10.9 Å². The molecule has 1 heterocycles. The van der Waals surface area contributed by atoms with Gasteiger partial charge in [-0.25, -0.2) is 0 Å². The first-order chi connectivity index (χ1) is 8.99. The van der Waals surface area contributed by atoms with Crippen LogP contribution in [0.3, 0.4) is 0 Å². The van der Waals surface area contributed by atoms with Gasteiger partial charge < -0.3 is 10.2 Å². The largest absolute Gasteiger partial charge is 0.373 e. The molecular weight excluding hydrogens is 262 g/mol. The summed E-state index contributed by atoms with van der Waals surface area (Å²) in [6, 6.07) is 7.09. The summed E-state index contributed by atoms with van der Waals surface area (Å²) < 4.78 is 0. The molecule has 5 heteroatoms. The number of pyridine rings is 1. The van der Waals surface area contributed by atoms with Crippen molar-refractivity contribution in [3.63, 3.8) is 0 Å². The second-order valence-corrected chi connectivity index (χ2v) is 5.06. The van der Waals surface area contributed by atoms with E-state index in [9.17, 15) is 4.79 Å². The monoisotopic (exact) mass is 277 g/mol. The van der Waals surface area contributed by atoms with Crippen molar-refractivity contribution in [2.24, 2.45) is 0 Å². The van der Waals surface area contributed by atoms with Gasteiger partial charge in [0.25, 0.3) is 0 Å². The highest BCUT2D eigenvalue weighted by Crippen LogP contribution is 2.24. The van der Waals surface area contributed by atoms with Crippen LogP contribution in [0.15, 0.2) is 30.5 Å². The van der Waals surface area contributed by atoms with Crippen LogP contribution < -0.4 is 5.32 Å². The number of amides is 1. The van der Waals surface area contributed by atoms with Crippen molar-refractivity contribution in [3.05, 3.63) is 35.5 Å². The van der Waals surface area contributed by atoms with Gasteiger partial charge in [-0.15, -0.1) is 0 Å². The lowest BCUT2D eigenvalue weighted by molar-refractivity contribution is -0.129. The first kappa shape index (κ1) is 13.6. The van der Waals surface area contributed by atoms with Crippen LogP contribution in [0, 0.1) is 0 Å². The SMILES string of the molecule is CC(Nc1ccnc2cc(Cl)ccc12)C(=O)N(C)C. The highest BCUT2D eigenvalue weighted by atomic mass is 35.5. The van der Waals surface area contributed by atoms with Gasteiger partial charge in [-0.2, -0.15) is 0 Å². The van der Waals surface area contributed by atoms with E-state index < -0.39 is 0 Å². The predicted molar refractivity (Wildman–Crippen MR) is 78.5 cm³/mol. The number of aromatic nitrogens is 1. The number of hydrogen-bond acceptors (Lipinski definition) is 3. The second-order valence-electron chi connectivity index (χ2n) is 4.62. The Labute approximate surface area is 117 Å². The summed E-state index contributed by atoms with van der Waals surface area (Å²) in [5, 5.41) is 4.81. The minimum atomic E-state index is -0.295. The molecule has 1 aromatic heterocycles. The Morgan fingerprint density at radius 2 is 2.11 bits per heavy atom. The van der Waals surface area contributed by atoms with Gasteiger partial charge in [0.15, 0.2) is 0 Å². The van der Waals surface area contributed by atoms with E-state index in [2.05, 4.69) is 10.3 Å². The summed E-state index contributed by atoms with van der Waals surface area (Å²) in [6.45, 7) is 1.84. The number of halogens is 1. The molecule has 0 aliphatic rings. The lowest BCUT2D eigenvalue weighted by Crippen LogP contribution is -2.36. The zero-order valence-electron chi connectivity index (χ0n) is 11.1. The predicted octanol–water partition coefficient (Wildman–Crippen LogP) is 2.78. The van der Waals surface area contributed by atoms with Crippen LogP contribution in [-0.4, -0.2) is 35.9 Å². The van der Waals surface area contributed by atoms with Crippen molar-refractivity contribution >= 4 is 34.1 Å². The van der Waals surface area contributed by atoms with Gasteiger partial charge in [0.05, 0.1) is 5.52 Å². The molecule has 1 aromatic carbocycles. The third-order valence-corrected chi connectivity index (χ3v) is 3.12. The Morgan fingerprint density at radius 1 is 1.37 bits per heavy atom. The van der Waals surface area contributed by atoms with E-state index in [0.717, 1.165) is 16.6 Å². The van der Waals surface area contributed by atoms with Gasteiger partial charge in [0.2, 0.25) is 5.91 Å². The number of anilines is 1. The molecular formula is C14H16ClN3O. The maximum absolute atomic E-state index is 11.9. The Morgan fingerprint density at radius 3 is 2.79 bits per heavy atom. The zero-order chi connectivity index (χ0) is 14.0. The molecule has 1 amide bonds. The van der Waals surface area contributed by atoms with Crippen molar-refractivity contribution < 1.29 is 4.79 Å². The maximum atomic E-state index is 11.9. The van der Waals surface area contributed by atoms with Gasteiger partial charge in [-0.05, 0) is 31.2 Å². The Bertz CT molecular complexity index is 613. The smallest absolute Gasteiger partial charge is 0.244 e. The zero-order valence-corrected chi connectivity index (χ0v) is 11.9. The number of carbonyl (C=O) groups excluding carboxylic acids is 1. The summed E-state index contributed by atoms with van der Waals surface area (Å²) in [7, 11) is 3.48. The molecule has 0 radical (unpaired) electrons. The molecule has 1 atom stereocenters. The average Bonchev–Trinajstić information content (AvgIpc) is 2.37. The number of fused-ring (bicyclic) bond motifs is 1. The fourth-order valence-corrected chi connectivity index (χ4v) is 2.10. The lowest BCUT2D eigenvalue weighted by atomic mass is 10.1. The van der Waals surface area contributed by atoms with Gasteiger partial charge in [0.1, 0.15) is 6.04 Å². The van der Waals surface area contributed by atoms with E-state index in [1.807, 2.05) is 25.1 Å². The van der Waals surface area contributed by atoms with Crippen molar-refractivity contribution in [3.8, 4) is 0 Å². The summed E-state index contributed by atoms with van der Waals surface area (Å²) in [5.74, 6) is 0.0268. The number of nitrogens with one attached hydrogen (secondary N) is 1. The molecule has 0 aliphatic heterocycles. The standard InChI is InChI=1S/C14H16ClN3O/c1-9(14(19)18(2)3)17-12-6-7-16-13-8-10(15)4-5-11(12)13/h4-9H,1-3H3,(H,16,17). The van der Waals surface area contributed by atoms with Crippen LogP contribution in [0.1, 0.15) is 6.92 Å². The molecule has 2 rings (SSSR count). The van der Waals surface area contributed by atoms with Gasteiger partial charge in [-0.3, -0.25) is 9.78 Å². The van der Waals surface area contributed by atoms with E-state index in [4.69, 9.17) is 11.6 Å². The minimum Gasteiger partial charge on any atom is -0.373 e. The molecule has 0 spiro atoms. The Kier molecular flexibility index (Phi) is 3.90. The fraction of sp³-hybridized carbons (Fsp3) is 0.286. The number of likely N-dealkylation sites (N-methyl/N-ethyl adjacent to an activating group) is 1. The van der Waals surface area contributed by atoms with Crippen LogP contribution in [-0.2, 0) is 4.79 Å². The molecule has 0 saturated heterocycles. The molecule has 0 aliphatic carbocycles. The van der Waals surface area contributed by atoms with Gasteiger partial charge >= 0.3 is 0 Å². The van der Waals surface area contributed by atoms with E-state index in [-0.39, 0.29) is 11.9 Å². The highest BCUT2D eigenvalue weighted by Gasteiger charge is 2.15. The number of benzene rings is 1. The molecule has 1 unspecified atom stereocenters. The molecule has 0 saturated carbocycles. The third-order valence-electron chi connectivity index (χ3n) is 2.89. The van der Waals surface area contributed by atoms with Crippen molar-refractivity contribution in [2.45, 2.75) is 13.0 Å². The normalized spacial score (nSPS) is 12.2. The lowest BCUT2D eigenvalue weighted by Gasteiger charge is -2.19. The van der Waals surface area contributed by atoms with Crippen LogP contribution in [0.5, 0.6) is 0 Å². The summed E-state index contributed by atoms with van der Waals surface area (Å²) in [4.78, 5) is 17.7. The van der Waals surface area contributed by atoms with Crippen LogP contribution in [0.4, 0.5) is 5.69 Å². The average molecular weight is 278 g/mol. The van der Waals surface area contributed by atoms with Crippen molar-refractivity contribution in [2.75, 3.05) is 19.4 Å². The Hall–Kier alpha value is -1.81. The number of rotatable bonds is 3. The molecule has 19 heavy (non-hydrogen) atoms. The molecule has 1 N–H and O–H groups in total. The molecule has 100 valence electrons. The quantitative estimate of drug-likeness (QED) is 0.938. The topological polar surface area (TPSA) is 45.2 Å². The van der Waals surface area contributed by atoms with Gasteiger partial charge in [-0.1, -0.05) is 11.6 Å². The first-order valence-corrected chi connectivity index (χ1v) is 6.39. The van der Waals surface area contributed by atoms with Crippen molar-refractivity contribution in [1.82, 2.24) is 9.88 Å². The third kappa shape index (κ3) is 2.96. The number of carbonyl (C=O) groups is 1. The van der Waals surface area contributed by atoms with Gasteiger partial charge in [0, 0.05) is 36.4 Å². The molecule has 2 aromatic rings. The van der Waals surface area contributed by atoms with E-state index in [1.165, 1.54) is 0 Å². The molecule has 0 bridgehead atoms. The maximum Gasteiger partial charge on any atom is 0.244 e. The van der Waals surface area contributed by atoms with E-state index in [1.54, 1.807) is 31.3 Å². The summed E-state index contributed by atoms with van der Waals surface area (Å²) >= 11 is 5.95. The molecule has 0 fully saturated rings.